The van der Waals surface area contributed by atoms with Gasteiger partial charge in [-0.3, -0.25) is 4.79 Å². The summed E-state index contributed by atoms with van der Waals surface area (Å²) in [5.74, 6) is 0.342. The van der Waals surface area contributed by atoms with Gasteiger partial charge in [0.1, 0.15) is 5.75 Å². The Morgan fingerprint density at radius 2 is 1.80 bits per heavy atom. The van der Waals surface area contributed by atoms with Crippen LogP contribution in [0.1, 0.15) is 19.8 Å². The highest BCUT2D eigenvalue weighted by molar-refractivity contribution is 5.69. The van der Waals surface area contributed by atoms with E-state index in [9.17, 15) is 4.79 Å². The Kier molecular flexibility index (Phi) is 2.90. The molecule has 0 unspecified atom stereocenters. The van der Waals surface area contributed by atoms with Gasteiger partial charge in [0.25, 0.3) is 0 Å². The molecule has 1 saturated heterocycles. The number of anilines is 1. The summed E-state index contributed by atoms with van der Waals surface area (Å²) in [6.45, 7) is 3.67. The monoisotopic (exact) mass is 205 g/mol. The van der Waals surface area contributed by atoms with Crippen LogP contribution in [0.15, 0.2) is 24.3 Å². The van der Waals surface area contributed by atoms with Crippen molar-refractivity contribution >= 4 is 11.7 Å². The van der Waals surface area contributed by atoms with E-state index in [0.717, 1.165) is 13.1 Å². The number of carbonyl (C=O) groups excluding carboxylic acids is 1. The highest BCUT2D eigenvalue weighted by atomic mass is 16.5. The number of benzene rings is 1. The molecule has 15 heavy (non-hydrogen) atoms. The molecule has 0 amide bonds. The zero-order valence-corrected chi connectivity index (χ0v) is 8.90. The van der Waals surface area contributed by atoms with Gasteiger partial charge in [-0.1, -0.05) is 0 Å². The molecule has 1 aromatic carbocycles. The fraction of sp³-hybridized carbons (Fsp3) is 0.417. The van der Waals surface area contributed by atoms with Crippen LogP contribution >= 0.6 is 0 Å². The molecule has 0 atom stereocenters. The predicted molar refractivity (Wildman–Crippen MR) is 59.2 cm³/mol. The Labute approximate surface area is 89.7 Å². The summed E-state index contributed by atoms with van der Waals surface area (Å²) >= 11 is 0. The van der Waals surface area contributed by atoms with Gasteiger partial charge in [-0.25, -0.2) is 0 Å². The van der Waals surface area contributed by atoms with Crippen LogP contribution in [0.25, 0.3) is 0 Å². The quantitative estimate of drug-likeness (QED) is 0.547. The number of ether oxygens (including phenoxy) is 1. The average Bonchev–Trinajstić information content (AvgIpc) is 2.71. The Bertz CT molecular complexity index is 339. The van der Waals surface area contributed by atoms with E-state index in [1.807, 2.05) is 24.3 Å². The summed E-state index contributed by atoms with van der Waals surface area (Å²) in [5, 5.41) is 0. The zero-order chi connectivity index (χ0) is 10.7. The van der Waals surface area contributed by atoms with Gasteiger partial charge in [-0.15, -0.1) is 0 Å². The second-order valence-corrected chi connectivity index (χ2v) is 3.78. The van der Waals surface area contributed by atoms with E-state index in [4.69, 9.17) is 4.74 Å². The second-order valence-electron chi connectivity index (χ2n) is 3.78. The Morgan fingerprint density at radius 1 is 1.20 bits per heavy atom. The van der Waals surface area contributed by atoms with Gasteiger partial charge in [0.2, 0.25) is 0 Å². The first-order valence-electron chi connectivity index (χ1n) is 5.29. The van der Waals surface area contributed by atoms with Crippen LogP contribution in [-0.2, 0) is 4.79 Å². The molecule has 0 spiro atoms. The van der Waals surface area contributed by atoms with E-state index in [0.29, 0.717) is 5.75 Å². The first-order valence-corrected chi connectivity index (χ1v) is 5.29. The van der Waals surface area contributed by atoms with Crippen molar-refractivity contribution < 1.29 is 9.53 Å². The van der Waals surface area contributed by atoms with Crippen LogP contribution in [0, 0.1) is 0 Å². The molecular weight excluding hydrogens is 190 g/mol. The van der Waals surface area contributed by atoms with E-state index < -0.39 is 0 Å². The Balaban J connectivity index is 2.06. The number of carbonyl (C=O) groups is 1. The van der Waals surface area contributed by atoms with Gasteiger partial charge in [-0.2, -0.15) is 0 Å². The lowest BCUT2D eigenvalue weighted by Crippen LogP contribution is -2.17. The van der Waals surface area contributed by atoms with E-state index in [1.165, 1.54) is 25.5 Å². The molecule has 0 N–H and O–H groups in total. The van der Waals surface area contributed by atoms with Crippen molar-refractivity contribution in [3.63, 3.8) is 0 Å². The van der Waals surface area contributed by atoms with Gasteiger partial charge < -0.3 is 9.64 Å². The number of rotatable bonds is 2. The number of nitrogens with zero attached hydrogens (tertiary/aromatic N) is 1. The van der Waals surface area contributed by atoms with E-state index in [1.54, 1.807) is 0 Å². The molecule has 0 saturated carbocycles. The molecule has 0 aliphatic carbocycles. The summed E-state index contributed by atoms with van der Waals surface area (Å²) in [5.41, 5.74) is 1.21. The lowest BCUT2D eigenvalue weighted by Gasteiger charge is -2.17. The van der Waals surface area contributed by atoms with E-state index in [-0.39, 0.29) is 5.97 Å². The highest BCUT2D eigenvalue weighted by Crippen LogP contribution is 2.22. The summed E-state index contributed by atoms with van der Waals surface area (Å²) in [6.07, 6.45) is 2.54. The van der Waals surface area contributed by atoms with Crippen LogP contribution in [0.3, 0.4) is 0 Å². The molecule has 1 aromatic rings. The van der Waals surface area contributed by atoms with Crippen molar-refractivity contribution in [2.24, 2.45) is 0 Å². The van der Waals surface area contributed by atoms with Gasteiger partial charge in [0, 0.05) is 25.7 Å². The summed E-state index contributed by atoms with van der Waals surface area (Å²) < 4.78 is 4.97. The molecule has 2 rings (SSSR count). The van der Waals surface area contributed by atoms with E-state index in [2.05, 4.69) is 4.90 Å². The van der Waals surface area contributed by atoms with Crippen LogP contribution in [-0.4, -0.2) is 19.1 Å². The fourth-order valence-electron chi connectivity index (χ4n) is 1.87. The summed E-state index contributed by atoms with van der Waals surface area (Å²) in [4.78, 5) is 13.1. The topological polar surface area (TPSA) is 29.5 Å². The van der Waals surface area contributed by atoms with Crippen molar-refractivity contribution in [3.8, 4) is 5.75 Å². The van der Waals surface area contributed by atoms with Crippen molar-refractivity contribution in [1.29, 1.82) is 0 Å². The van der Waals surface area contributed by atoms with Crippen molar-refractivity contribution in [3.05, 3.63) is 24.3 Å². The highest BCUT2D eigenvalue weighted by Gasteiger charge is 2.11. The molecule has 80 valence electrons. The molecular formula is C12H15NO2. The molecule has 1 fully saturated rings. The first-order chi connectivity index (χ1) is 7.25. The molecule has 0 bridgehead atoms. The Hall–Kier alpha value is -1.51. The zero-order valence-electron chi connectivity index (χ0n) is 8.90. The van der Waals surface area contributed by atoms with Gasteiger partial charge in [-0.05, 0) is 37.1 Å². The minimum Gasteiger partial charge on any atom is -0.427 e. The predicted octanol–water partition coefficient (Wildman–Crippen LogP) is 2.21. The van der Waals surface area contributed by atoms with Gasteiger partial charge in [0.05, 0.1) is 0 Å². The SMILES string of the molecule is CC(=O)Oc1ccc(N2CCCC2)cc1. The third-order valence-corrected chi connectivity index (χ3v) is 2.57. The van der Waals surface area contributed by atoms with Gasteiger partial charge >= 0.3 is 5.97 Å². The summed E-state index contributed by atoms with van der Waals surface area (Å²) in [6, 6.07) is 7.69. The molecule has 1 aliphatic rings. The van der Waals surface area contributed by atoms with E-state index >= 15 is 0 Å². The molecule has 0 aromatic heterocycles. The molecule has 0 radical (unpaired) electrons. The minimum atomic E-state index is -0.274. The number of hydrogen-bond donors (Lipinski definition) is 0. The maximum absolute atomic E-state index is 10.7. The summed E-state index contributed by atoms with van der Waals surface area (Å²) in [7, 11) is 0. The number of esters is 1. The maximum Gasteiger partial charge on any atom is 0.308 e. The van der Waals surface area contributed by atoms with Crippen LogP contribution in [0.4, 0.5) is 5.69 Å². The lowest BCUT2D eigenvalue weighted by molar-refractivity contribution is -0.131. The molecule has 1 aliphatic heterocycles. The third kappa shape index (κ3) is 2.49. The van der Waals surface area contributed by atoms with Crippen LogP contribution in [0.5, 0.6) is 5.75 Å². The minimum absolute atomic E-state index is 0.274. The van der Waals surface area contributed by atoms with Gasteiger partial charge in [0.15, 0.2) is 0 Å². The second kappa shape index (κ2) is 4.34. The Morgan fingerprint density at radius 3 is 2.33 bits per heavy atom. The first kappa shape index (κ1) is 10.0. The van der Waals surface area contributed by atoms with Crippen molar-refractivity contribution in [2.45, 2.75) is 19.8 Å². The van der Waals surface area contributed by atoms with Crippen LogP contribution < -0.4 is 9.64 Å². The lowest BCUT2D eigenvalue weighted by atomic mass is 10.3. The third-order valence-electron chi connectivity index (χ3n) is 2.57. The maximum atomic E-state index is 10.7. The smallest absolute Gasteiger partial charge is 0.308 e. The standard InChI is InChI=1S/C12H15NO2/c1-10(14)15-12-6-4-11(5-7-12)13-8-2-3-9-13/h4-7H,2-3,8-9H2,1H3. The largest absolute Gasteiger partial charge is 0.427 e. The van der Waals surface area contributed by atoms with Crippen molar-refractivity contribution in [1.82, 2.24) is 0 Å². The molecule has 1 heterocycles. The molecule has 3 nitrogen and oxygen atoms in total. The fourth-order valence-corrected chi connectivity index (χ4v) is 1.87. The average molecular weight is 205 g/mol. The van der Waals surface area contributed by atoms with Crippen LogP contribution in [0.2, 0.25) is 0 Å². The molecule has 3 heteroatoms. The number of hydrogen-bond acceptors (Lipinski definition) is 3. The normalized spacial score (nSPS) is 15.4. The van der Waals surface area contributed by atoms with Crippen molar-refractivity contribution in [2.75, 3.05) is 18.0 Å².